The van der Waals surface area contributed by atoms with E-state index in [1.165, 1.54) is 75.1 Å². The van der Waals surface area contributed by atoms with Crippen LogP contribution in [0, 0.1) is 0 Å². The van der Waals surface area contributed by atoms with Gasteiger partial charge in [0.25, 0.3) is 0 Å². The molecule has 1 heterocycles. The summed E-state index contributed by atoms with van der Waals surface area (Å²) in [5, 5.41) is 8.16. The molecule has 1 aromatic heterocycles. The van der Waals surface area contributed by atoms with E-state index in [0.29, 0.717) is 0 Å². The number of thiophene rings is 1. The summed E-state index contributed by atoms with van der Waals surface area (Å²) in [6.45, 7) is 0. The number of hydrogen-bond donors (Lipinski definition) is 0. The van der Waals surface area contributed by atoms with Gasteiger partial charge in [-0.2, -0.15) is 0 Å². The van der Waals surface area contributed by atoms with Gasteiger partial charge in [-0.25, -0.2) is 0 Å². The van der Waals surface area contributed by atoms with Crippen LogP contribution in [0.1, 0.15) is 17.5 Å². The van der Waals surface area contributed by atoms with Crippen LogP contribution in [0.25, 0.3) is 70.0 Å². The highest BCUT2D eigenvalue weighted by atomic mass is 32.1. The van der Waals surface area contributed by atoms with Crippen LogP contribution in [0.15, 0.2) is 115 Å². The van der Waals surface area contributed by atoms with Crippen molar-refractivity contribution < 1.29 is 0 Å². The van der Waals surface area contributed by atoms with Crippen LogP contribution < -0.4 is 0 Å². The van der Waals surface area contributed by atoms with E-state index in [-0.39, 0.29) is 0 Å². The summed E-state index contributed by atoms with van der Waals surface area (Å²) < 4.78 is 2.71. The summed E-state index contributed by atoms with van der Waals surface area (Å²) in [5.41, 5.74) is 8.02. The molecule has 0 fully saturated rings. The van der Waals surface area contributed by atoms with E-state index < -0.39 is 0 Å². The van der Waals surface area contributed by atoms with E-state index in [1.807, 2.05) is 11.3 Å². The summed E-state index contributed by atoms with van der Waals surface area (Å²) in [4.78, 5) is 0. The van der Waals surface area contributed by atoms with Gasteiger partial charge in [0.15, 0.2) is 0 Å². The number of benzene rings is 6. The van der Waals surface area contributed by atoms with Gasteiger partial charge in [0.2, 0.25) is 0 Å². The third-order valence-corrected chi connectivity index (χ3v) is 9.15. The molecule has 7 aromatic rings. The van der Waals surface area contributed by atoms with Gasteiger partial charge < -0.3 is 0 Å². The minimum Gasteiger partial charge on any atom is -0.135 e. The van der Waals surface area contributed by atoms with Crippen molar-refractivity contribution in [1.82, 2.24) is 0 Å². The van der Waals surface area contributed by atoms with Crippen LogP contribution in [0.2, 0.25) is 0 Å². The Balaban J connectivity index is 1.32. The molecule has 0 N–H and O–H groups in total. The summed E-state index contributed by atoms with van der Waals surface area (Å²) in [7, 11) is 0. The minimum atomic E-state index is 1.11. The number of hydrogen-bond acceptors (Lipinski definition) is 1. The van der Waals surface area contributed by atoms with Crippen molar-refractivity contribution in [3.63, 3.8) is 0 Å². The maximum atomic E-state index is 2.41. The lowest BCUT2D eigenvalue weighted by atomic mass is 9.85. The lowest BCUT2D eigenvalue weighted by molar-refractivity contribution is 1.00. The summed E-state index contributed by atoms with van der Waals surface area (Å²) in [6.07, 6.45) is 6.87. The first kappa shape index (κ1) is 20.9. The van der Waals surface area contributed by atoms with Crippen molar-refractivity contribution in [2.75, 3.05) is 0 Å². The van der Waals surface area contributed by atoms with Crippen LogP contribution in [0.4, 0.5) is 0 Å². The predicted octanol–water partition coefficient (Wildman–Crippen LogP) is 10.7. The van der Waals surface area contributed by atoms with Crippen LogP contribution in [0.5, 0.6) is 0 Å². The molecule has 174 valence electrons. The van der Waals surface area contributed by atoms with Gasteiger partial charge in [0, 0.05) is 20.2 Å². The number of allylic oxidation sites excluding steroid dienone is 1. The second-order valence-corrected chi connectivity index (χ2v) is 11.1. The molecular formula is C36H24S. The lowest BCUT2D eigenvalue weighted by Crippen LogP contribution is -1.98. The van der Waals surface area contributed by atoms with Gasteiger partial charge in [-0.3, -0.25) is 0 Å². The highest BCUT2D eigenvalue weighted by Gasteiger charge is 2.16. The molecule has 0 bridgehead atoms. The molecule has 37 heavy (non-hydrogen) atoms. The molecule has 0 spiro atoms. The predicted molar refractivity (Wildman–Crippen MR) is 163 cm³/mol. The Bertz CT molecular complexity index is 2040. The van der Waals surface area contributed by atoms with Gasteiger partial charge >= 0.3 is 0 Å². The van der Waals surface area contributed by atoms with E-state index >= 15 is 0 Å². The van der Waals surface area contributed by atoms with E-state index in [4.69, 9.17) is 0 Å². The zero-order chi connectivity index (χ0) is 24.3. The quantitative estimate of drug-likeness (QED) is 0.212. The van der Waals surface area contributed by atoms with Crippen molar-refractivity contribution in [2.45, 2.75) is 12.8 Å². The monoisotopic (exact) mass is 488 g/mol. The second kappa shape index (κ2) is 8.16. The van der Waals surface area contributed by atoms with Gasteiger partial charge in [-0.05, 0) is 86.0 Å². The lowest BCUT2D eigenvalue weighted by Gasteiger charge is -2.18. The molecule has 0 radical (unpaired) electrons. The standard InChI is InChI=1S/C36H24S/c1-2-13-29-27(11-1)28-12-3-4-14-30(28)34-22-24(19-20-31(29)34)23-9-7-10-25(21-23)26-16-8-17-33-32-15-5-6-18-35(32)37-36(26)33/h1,3-12,14-22H,2,13H2. The highest BCUT2D eigenvalue weighted by Crippen LogP contribution is 2.42. The van der Waals surface area contributed by atoms with E-state index in [0.717, 1.165) is 12.8 Å². The number of fused-ring (bicyclic) bond motifs is 9. The molecule has 1 heteroatoms. The summed E-state index contributed by atoms with van der Waals surface area (Å²) in [5.74, 6) is 0. The van der Waals surface area contributed by atoms with E-state index in [2.05, 4.69) is 121 Å². The third kappa shape index (κ3) is 3.21. The first-order chi connectivity index (χ1) is 18.3. The largest absolute Gasteiger partial charge is 0.135 e. The normalized spacial score (nSPS) is 13.1. The average Bonchev–Trinajstić information content (AvgIpc) is 3.36. The van der Waals surface area contributed by atoms with E-state index in [9.17, 15) is 0 Å². The molecule has 0 nitrogen and oxygen atoms in total. The van der Waals surface area contributed by atoms with Gasteiger partial charge in [0.05, 0.1) is 0 Å². The molecule has 0 atom stereocenters. The number of rotatable bonds is 2. The fourth-order valence-corrected chi connectivity index (χ4v) is 7.44. The van der Waals surface area contributed by atoms with Crippen LogP contribution >= 0.6 is 11.3 Å². The Morgan fingerprint density at radius 1 is 0.514 bits per heavy atom. The maximum absolute atomic E-state index is 2.41. The molecule has 1 aliphatic rings. The van der Waals surface area contributed by atoms with Crippen molar-refractivity contribution in [3.05, 3.63) is 126 Å². The molecule has 0 aliphatic heterocycles. The Morgan fingerprint density at radius 2 is 1.27 bits per heavy atom. The number of aryl methyl sites for hydroxylation is 1. The van der Waals surface area contributed by atoms with Crippen molar-refractivity contribution in [3.8, 4) is 22.3 Å². The van der Waals surface area contributed by atoms with Crippen LogP contribution in [-0.4, -0.2) is 0 Å². The molecule has 0 saturated carbocycles. The second-order valence-electron chi connectivity index (χ2n) is 10.0. The molecule has 8 rings (SSSR count). The molecule has 0 unspecified atom stereocenters. The van der Waals surface area contributed by atoms with Crippen molar-refractivity contribution in [1.29, 1.82) is 0 Å². The Kier molecular flexibility index (Phi) is 4.62. The maximum Gasteiger partial charge on any atom is 0.0433 e. The van der Waals surface area contributed by atoms with Gasteiger partial charge in [-0.15, -0.1) is 11.3 Å². The zero-order valence-electron chi connectivity index (χ0n) is 20.4. The fourth-order valence-electron chi connectivity index (χ4n) is 6.20. The Labute approximate surface area is 220 Å². The Morgan fingerprint density at radius 3 is 2.22 bits per heavy atom. The first-order valence-corrected chi connectivity index (χ1v) is 13.8. The average molecular weight is 489 g/mol. The highest BCUT2D eigenvalue weighted by molar-refractivity contribution is 7.26. The van der Waals surface area contributed by atoms with Crippen LogP contribution in [-0.2, 0) is 6.42 Å². The van der Waals surface area contributed by atoms with Crippen LogP contribution in [0.3, 0.4) is 0 Å². The molecule has 1 aliphatic carbocycles. The van der Waals surface area contributed by atoms with Gasteiger partial charge in [0.1, 0.15) is 0 Å². The Hall–Kier alpha value is -4.20. The van der Waals surface area contributed by atoms with Crippen molar-refractivity contribution in [2.24, 2.45) is 0 Å². The fraction of sp³-hybridized carbons (Fsp3) is 0.0556. The smallest absolute Gasteiger partial charge is 0.0433 e. The molecular weight excluding hydrogens is 464 g/mol. The third-order valence-electron chi connectivity index (χ3n) is 7.93. The topological polar surface area (TPSA) is 0 Å². The van der Waals surface area contributed by atoms with E-state index in [1.54, 1.807) is 0 Å². The molecule has 0 saturated heterocycles. The summed E-state index contributed by atoms with van der Waals surface area (Å²) >= 11 is 1.90. The van der Waals surface area contributed by atoms with Gasteiger partial charge in [-0.1, -0.05) is 103 Å². The summed E-state index contributed by atoms with van der Waals surface area (Å²) in [6, 6.07) is 40.5. The first-order valence-electron chi connectivity index (χ1n) is 13.0. The van der Waals surface area contributed by atoms with Crippen molar-refractivity contribution >= 4 is 59.1 Å². The SMILES string of the molecule is C1=Cc2c(c3ccc(-c4cccc(-c5cccc6c5sc5ccccc56)c4)cc3c3ccccc23)CC1. The minimum absolute atomic E-state index is 1.11. The zero-order valence-corrected chi connectivity index (χ0v) is 21.2. The molecule has 0 amide bonds. The molecule has 6 aromatic carbocycles.